The molecule has 0 bridgehead atoms. The first kappa shape index (κ1) is 19.5. The van der Waals surface area contributed by atoms with Crippen molar-refractivity contribution in [2.45, 2.75) is 64.3 Å². The first-order chi connectivity index (χ1) is 10.5. The summed E-state index contributed by atoms with van der Waals surface area (Å²) in [6.07, 6.45) is 5.68. The van der Waals surface area contributed by atoms with E-state index in [2.05, 4.69) is 9.47 Å². The highest BCUT2D eigenvalue weighted by Gasteiger charge is 2.42. The van der Waals surface area contributed by atoms with E-state index in [9.17, 15) is 14.3 Å². The average molecular weight is 334 g/mol. The Morgan fingerprint density at radius 3 is 2.64 bits per heavy atom. The maximum atomic E-state index is 13.8. The van der Waals surface area contributed by atoms with Crippen molar-refractivity contribution in [3.05, 3.63) is 12.2 Å². The van der Waals surface area contributed by atoms with Gasteiger partial charge in [-0.15, -0.1) is 0 Å². The molecule has 1 N–H and O–H groups in total. The summed E-state index contributed by atoms with van der Waals surface area (Å²) >= 11 is 0. The first-order valence-corrected chi connectivity index (χ1v) is 8.41. The number of allylic oxidation sites excluding steroid dienone is 2. The van der Waals surface area contributed by atoms with Gasteiger partial charge in [0, 0.05) is 34.8 Å². The van der Waals surface area contributed by atoms with Crippen LogP contribution in [0.3, 0.4) is 0 Å². The summed E-state index contributed by atoms with van der Waals surface area (Å²) in [6, 6.07) is 0. The second-order valence-electron chi connectivity index (χ2n) is 6.06. The van der Waals surface area contributed by atoms with E-state index in [1.807, 2.05) is 26.0 Å². The Kier molecular flexibility index (Phi) is 9.15. The quantitative estimate of drug-likeness (QED) is 0.400. The van der Waals surface area contributed by atoms with Gasteiger partial charge >= 0.3 is 5.97 Å². The number of aliphatic hydroxyl groups is 1. The van der Waals surface area contributed by atoms with E-state index in [1.54, 1.807) is 0 Å². The second kappa shape index (κ2) is 10.3. The number of halogens is 1. The SMILES string of the molecule is CC(C)OC(=O)CC/C=C\CC[C@H]1C(OP)CC(F)[C@@H]1CO. The van der Waals surface area contributed by atoms with Crippen molar-refractivity contribution in [2.75, 3.05) is 6.61 Å². The molecular formula is C16H28FO4P. The van der Waals surface area contributed by atoms with Crippen LogP contribution < -0.4 is 0 Å². The lowest BCUT2D eigenvalue weighted by Crippen LogP contribution is -2.24. The van der Waals surface area contributed by atoms with Gasteiger partial charge in [0.2, 0.25) is 0 Å². The third-order valence-corrected chi connectivity index (χ3v) is 4.40. The zero-order chi connectivity index (χ0) is 16.5. The van der Waals surface area contributed by atoms with Crippen LogP contribution in [0.5, 0.6) is 0 Å². The Balaban J connectivity index is 2.27. The van der Waals surface area contributed by atoms with Crippen molar-refractivity contribution in [1.82, 2.24) is 0 Å². The molecule has 6 heteroatoms. The van der Waals surface area contributed by atoms with Crippen LogP contribution in [0.25, 0.3) is 0 Å². The molecule has 4 nitrogen and oxygen atoms in total. The van der Waals surface area contributed by atoms with E-state index in [-0.39, 0.29) is 36.6 Å². The van der Waals surface area contributed by atoms with Gasteiger partial charge in [-0.2, -0.15) is 0 Å². The maximum Gasteiger partial charge on any atom is 0.306 e. The predicted octanol–water partition coefficient (Wildman–Crippen LogP) is 3.20. The standard InChI is InChI=1S/C16H28FO4P/c1-11(2)20-16(19)8-6-4-3-5-7-12-13(10-18)14(17)9-15(12)21-22/h3-4,11-15,18H,5-10,22H2,1-2H3/b4-3-/t12-,13-,14?,15?/m1/s1. The van der Waals surface area contributed by atoms with Crippen molar-refractivity contribution >= 4 is 15.4 Å². The van der Waals surface area contributed by atoms with Gasteiger partial charge in [-0.05, 0) is 39.0 Å². The highest BCUT2D eigenvalue weighted by atomic mass is 31.0. The molecule has 1 aliphatic rings. The summed E-state index contributed by atoms with van der Waals surface area (Å²) in [6.45, 7) is 3.52. The normalized spacial score (nSPS) is 28.6. The van der Waals surface area contributed by atoms with E-state index in [0.717, 1.165) is 12.8 Å². The van der Waals surface area contributed by atoms with Gasteiger partial charge in [0.05, 0.1) is 12.2 Å². The monoisotopic (exact) mass is 334 g/mol. The number of esters is 1. The van der Waals surface area contributed by atoms with Crippen molar-refractivity contribution in [3.63, 3.8) is 0 Å². The average Bonchev–Trinajstić information content (AvgIpc) is 2.77. The van der Waals surface area contributed by atoms with Gasteiger partial charge in [0.25, 0.3) is 0 Å². The Morgan fingerprint density at radius 1 is 1.36 bits per heavy atom. The summed E-state index contributed by atoms with van der Waals surface area (Å²) in [7, 11) is 2.20. The molecule has 0 heterocycles. The van der Waals surface area contributed by atoms with Crippen molar-refractivity contribution in [1.29, 1.82) is 0 Å². The van der Waals surface area contributed by atoms with Crippen LogP contribution in [0.4, 0.5) is 4.39 Å². The molecule has 22 heavy (non-hydrogen) atoms. The molecule has 5 atom stereocenters. The van der Waals surface area contributed by atoms with Crippen molar-refractivity contribution in [3.8, 4) is 0 Å². The highest BCUT2D eigenvalue weighted by molar-refractivity contribution is 7.09. The molecule has 0 aromatic carbocycles. The van der Waals surface area contributed by atoms with Gasteiger partial charge in [-0.25, -0.2) is 4.39 Å². The fourth-order valence-electron chi connectivity index (χ4n) is 2.97. The number of alkyl halides is 1. The van der Waals surface area contributed by atoms with Crippen LogP contribution in [-0.2, 0) is 14.1 Å². The topological polar surface area (TPSA) is 55.8 Å². The fraction of sp³-hybridized carbons (Fsp3) is 0.812. The zero-order valence-corrected chi connectivity index (χ0v) is 14.6. The zero-order valence-electron chi connectivity index (χ0n) is 13.4. The van der Waals surface area contributed by atoms with Gasteiger partial charge in [0.15, 0.2) is 0 Å². The van der Waals surface area contributed by atoms with E-state index in [1.165, 1.54) is 0 Å². The van der Waals surface area contributed by atoms with E-state index in [0.29, 0.717) is 19.3 Å². The second-order valence-corrected chi connectivity index (χ2v) is 6.33. The molecule has 128 valence electrons. The van der Waals surface area contributed by atoms with Gasteiger partial charge < -0.3 is 14.4 Å². The summed E-state index contributed by atoms with van der Waals surface area (Å²) in [5, 5.41) is 9.32. The molecule has 0 aliphatic heterocycles. The highest BCUT2D eigenvalue weighted by Crippen LogP contribution is 2.39. The van der Waals surface area contributed by atoms with Crippen LogP contribution >= 0.6 is 9.47 Å². The Hall–Kier alpha value is -0.510. The molecule has 1 saturated carbocycles. The molecule has 0 aromatic heterocycles. The van der Waals surface area contributed by atoms with Gasteiger partial charge in [-0.3, -0.25) is 4.79 Å². The third-order valence-electron chi connectivity index (χ3n) is 4.05. The summed E-state index contributed by atoms with van der Waals surface area (Å²) in [4.78, 5) is 11.4. The van der Waals surface area contributed by atoms with Crippen molar-refractivity contribution < 1.29 is 23.6 Å². The minimum atomic E-state index is -0.990. The molecule has 0 spiro atoms. The van der Waals surface area contributed by atoms with E-state index < -0.39 is 6.17 Å². The molecule has 1 aliphatic carbocycles. The summed E-state index contributed by atoms with van der Waals surface area (Å²) in [5.74, 6) is -0.486. The minimum absolute atomic E-state index is 0.0352. The Labute approximate surface area is 134 Å². The molecule has 0 aromatic rings. The summed E-state index contributed by atoms with van der Waals surface area (Å²) in [5.41, 5.74) is 0. The number of hydrogen-bond acceptors (Lipinski definition) is 4. The van der Waals surface area contributed by atoms with Crippen LogP contribution in [0.1, 0.15) is 46.0 Å². The van der Waals surface area contributed by atoms with E-state index in [4.69, 9.17) is 9.26 Å². The lowest BCUT2D eigenvalue weighted by atomic mass is 9.90. The predicted molar refractivity (Wildman–Crippen MR) is 87.0 cm³/mol. The molecule has 1 rings (SSSR count). The first-order valence-electron chi connectivity index (χ1n) is 7.94. The molecule has 0 radical (unpaired) electrons. The van der Waals surface area contributed by atoms with Gasteiger partial charge in [-0.1, -0.05) is 12.2 Å². The lowest BCUT2D eigenvalue weighted by Gasteiger charge is -2.22. The number of carbonyl (C=O) groups excluding carboxylic acids is 1. The smallest absolute Gasteiger partial charge is 0.306 e. The number of aliphatic hydroxyl groups excluding tert-OH is 1. The summed E-state index contributed by atoms with van der Waals surface area (Å²) < 4.78 is 24.1. The van der Waals surface area contributed by atoms with E-state index >= 15 is 0 Å². The van der Waals surface area contributed by atoms with Crippen LogP contribution in [0.15, 0.2) is 12.2 Å². The largest absolute Gasteiger partial charge is 0.463 e. The van der Waals surface area contributed by atoms with Crippen LogP contribution in [-0.4, -0.2) is 36.1 Å². The van der Waals surface area contributed by atoms with Gasteiger partial charge in [0.1, 0.15) is 6.17 Å². The third kappa shape index (κ3) is 6.31. The van der Waals surface area contributed by atoms with Crippen LogP contribution in [0, 0.1) is 11.8 Å². The number of rotatable bonds is 9. The Bertz CT molecular complexity index is 362. The Morgan fingerprint density at radius 2 is 2.05 bits per heavy atom. The molecule has 0 saturated heterocycles. The molecule has 1 fully saturated rings. The fourth-order valence-corrected chi connectivity index (χ4v) is 3.28. The lowest BCUT2D eigenvalue weighted by molar-refractivity contribution is -0.147. The molecule has 3 unspecified atom stereocenters. The number of carbonyl (C=O) groups is 1. The number of hydrogen-bond donors (Lipinski definition) is 1. The number of ether oxygens (including phenoxy) is 1. The molecule has 0 amide bonds. The minimum Gasteiger partial charge on any atom is -0.463 e. The molecular weight excluding hydrogens is 306 g/mol. The van der Waals surface area contributed by atoms with Crippen LogP contribution in [0.2, 0.25) is 0 Å². The maximum absolute atomic E-state index is 13.8. The van der Waals surface area contributed by atoms with Crippen molar-refractivity contribution in [2.24, 2.45) is 11.8 Å².